The molecular formula is C13H14BrClFNO. The van der Waals surface area contributed by atoms with Crippen molar-refractivity contribution < 1.29 is 9.18 Å². The van der Waals surface area contributed by atoms with Crippen LogP contribution in [0.4, 0.5) is 4.39 Å². The molecule has 0 saturated carbocycles. The van der Waals surface area contributed by atoms with Crippen LogP contribution in [0.1, 0.15) is 23.2 Å². The van der Waals surface area contributed by atoms with Gasteiger partial charge in [0.1, 0.15) is 5.82 Å². The van der Waals surface area contributed by atoms with E-state index >= 15 is 0 Å². The highest BCUT2D eigenvalue weighted by molar-refractivity contribution is 9.10. The van der Waals surface area contributed by atoms with Crippen molar-refractivity contribution in [1.82, 2.24) is 4.90 Å². The maximum atomic E-state index is 13.7. The molecule has 0 spiro atoms. The van der Waals surface area contributed by atoms with Gasteiger partial charge in [0.15, 0.2) is 0 Å². The first-order valence-corrected chi connectivity index (χ1v) is 7.25. The van der Waals surface area contributed by atoms with E-state index in [9.17, 15) is 9.18 Å². The van der Waals surface area contributed by atoms with Gasteiger partial charge in [0.05, 0.1) is 5.56 Å². The van der Waals surface area contributed by atoms with Gasteiger partial charge in [-0.3, -0.25) is 4.79 Å². The van der Waals surface area contributed by atoms with Gasteiger partial charge in [-0.2, -0.15) is 0 Å². The number of hydrogen-bond donors (Lipinski definition) is 0. The first-order chi connectivity index (χ1) is 8.61. The average molecular weight is 335 g/mol. The number of alkyl halides is 1. The lowest BCUT2D eigenvalue weighted by Gasteiger charge is -2.32. The van der Waals surface area contributed by atoms with Crippen LogP contribution in [0.5, 0.6) is 0 Å². The number of halogens is 3. The molecule has 0 N–H and O–H groups in total. The topological polar surface area (TPSA) is 20.3 Å². The number of amides is 1. The fourth-order valence-corrected chi connectivity index (χ4v) is 2.82. The number of likely N-dealkylation sites (tertiary alicyclic amines) is 1. The number of hydrogen-bond acceptors (Lipinski definition) is 1. The Bertz CT molecular complexity index is 455. The molecule has 2 rings (SSSR count). The molecule has 2 nitrogen and oxygen atoms in total. The molecule has 1 aliphatic heterocycles. The van der Waals surface area contributed by atoms with Crippen LogP contribution in [0.25, 0.3) is 0 Å². The number of benzene rings is 1. The summed E-state index contributed by atoms with van der Waals surface area (Å²) in [5, 5.41) is 0. The summed E-state index contributed by atoms with van der Waals surface area (Å²) in [6.07, 6.45) is 1.97. The zero-order valence-electron chi connectivity index (χ0n) is 9.83. The van der Waals surface area contributed by atoms with Crippen molar-refractivity contribution in [2.75, 3.05) is 19.0 Å². The van der Waals surface area contributed by atoms with Crippen LogP contribution in [0, 0.1) is 11.7 Å². The van der Waals surface area contributed by atoms with Crippen molar-refractivity contribution in [1.29, 1.82) is 0 Å². The first kappa shape index (κ1) is 13.8. The highest BCUT2D eigenvalue weighted by Crippen LogP contribution is 2.22. The summed E-state index contributed by atoms with van der Waals surface area (Å²) in [7, 11) is 0. The summed E-state index contributed by atoms with van der Waals surface area (Å²) in [4.78, 5) is 14.0. The Balaban J connectivity index is 2.17. The second-order valence-electron chi connectivity index (χ2n) is 4.54. The van der Waals surface area contributed by atoms with E-state index in [0.717, 1.165) is 12.8 Å². The van der Waals surface area contributed by atoms with Gasteiger partial charge in [-0.25, -0.2) is 4.39 Å². The Morgan fingerprint density at radius 2 is 2.33 bits per heavy atom. The molecule has 1 amide bonds. The molecule has 5 heteroatoms. The van der Waals surface area contributed by atoms with Gasteiger partial charge in [0.25, 0.3) is 5.91 Å². The number of nitrogens with zero attached hydrogens (tertiary/aromatic N) is 1. The van der Waals surface area contributed by atoms with Gasteiger partial charge in [0.2, 0.25) is 0 Å². The van der Waals surface area contributed by atoms with Gasteiger partial charge in [-0.05, 0) is 37.0 Å². The van der Waals surface area contributed by atoms with Crippen molar-refractivity contribution in [2.24, 2.45) is 5.92 Å². The summed E-state index contributed by atoms with van der Waals surface area (Å²) in [5.41, 5.74) is 0.125. The third kappa shape index (κ3) is 3.04. The third-order valence-electron chi connectivity index (χ3n) is 3.18. The highest BCUT2D eigenvalue weighted by Gasteiger charge is 2.25. The van der Waals surface area contributed by atoms with E-state index < -0.39 is 5.82 Å². The Morgan fingerprint density at radius 3 is 3.06 bits per heavy atom. The fourth-order valence-electron chi connectivity index (χ4n) is 2.21. The summed E-state index contributed by atoms with van der Waals surface area (Å²) >= 11 is 9.09. The highest BCUT2D eigenvalue weighted by atomic mass is 79.9. The van der Waals surface area contributed by atoms with Crippen molar-refractivity contribution in [2.45, 2.75) is 12.8 Å². The van der Waals surface area contributed by atoms with Gasteiger partial charge in [-0.15, -0.1) is 11.6 Å². The van der Waals surface area contributed by atoms with E-state index in [1.807, 2.05) is 0 Å². The van der Waals surface area contributed by atoms with E-state index in [1.165, 1.54) is 12.1 Å². The van der Waals surface area contributed by atoms with Gasteiger partial charge < -0.3 is 4.90 Å². The predicted octanol–water partition coefficient (Wildman–Crippen LogP) is 3.68. The number of rotatable bonds is 2. The second-order valence-corrected chi connectivity index (χ2v) is 5.76. The van der Waals surface area contributed by atoms with Crippen LogP contribution in [0.2, 0.25) is 0 Å². The van der Waals surface area contributed by atoms with Gasteiger partial charge >= 0.3 is 0 Å². The van der Waals surface area contributed by atoms with Crippen molar-refractivity contribution in [3.8, 4) is 0 Å². The second kappa shape index (κ2) is 6.02. The molecule has 98 valence electrons. The molecule has 1 unspecified atom stereocenters. The van der Waals surface area contributed by atoms with Crippen LogP contribution >= 0.6 is 27.5 Å². The van der Waals surface area contributed by atoms with E-state index in [-0.39, 0.29) is 11.5 Å². The number of piperidine rings is 1. The molecule has 1 atom stereocenters. The Kier molecular flexibility index (Phi) is 4.62. The minimum absolute atomic E-state index is 0.125. The smallest absolute Gasteiger partial charge is 0.256 e. The van der Waals surface area contributed by atoms with Crippen LogP contribution in [-0.2, 0) is 0 Å². The third-order valence-corrected chi connectivity index (χ3v) is 4.11. The quantitative estimate of drug-likeness (QED) is 0.756. The normalized spacial score (nSPS) is 19.9. The fraction of sp³-hybridized carbons (Fsp3) is 0.462. The molecule has 1 fully saturated rings. The summed E-state index contributed by atoms with van der Waals surface area (Å²) in [6.45, 7) is 1.30. The molecule has 1 aliphatic rings. The van der Waals surface area contributed by atoms with E-state index in [4.69, 9.17) is 11.6 Å². The number of carbonyl (C=O) groups is 1. The molecule has 1 saturated heterocycles. The molecule has 0 bridgehead atoms. The minimum atomic E-state index is -0.476. The maximum absolute atomic E-state index is 13.7. The van der Waals surface area contributed by atoms with Crippen LogP contribution < -0.4 is 0 Å². The summed E-state index contributed by atoms with van der Waals surface area (Å²) in [6, 6.07) is 4.42. The van der Waals surface area contributed by atoms with Crippen molar-refractivity contribution in [3.63, 3.8) is 0 Å². The van der Waals surface area contributed by atoms with Gasteiger partial charge in [-0.1, -0.05) is 15.9 Å². The SMILES string of the molecule is O=C(c1cc(Br)ccc1F)N1CCCC(CCl)C1. The Labute approximate surface area is 119 Å². The zero-order chi connectivity index (χ0) is 13.1. The molecule has 18 heavy (non-hydrogen) atoms. The monoisotopic (exact) mass is 333 g/mol. The predicted molar refractivity (Wildman–Crippen MR) is 73.4 cm³/mol. The molecule has 1 aromatic rings. The molecule has 0 aliphatic carbocycles. The lowest BCUT2D eigenvalue weighted by atomic mass is 9.99. The largest absolute Gasteiger partial charge is 0.338 e. The average Bonchev–Trinajstić information content (AvgIpc) is 2.41. The summed E-state index contributed by atoms with van der Waals surface area (Å²) < 4.78 is 14.4. The maximum Gasteiger partial charge on any atom is 0.256 e. The van der Waals surface area contributed by atoms with Crippen LogP contribution in [-0.4, -0.2) is 29.8 Å². The van der Waals surface area contributed by atoms with E-state index in [1.54, 1.807) is 11.0 Å². The van der Waals surface area contributed by atoms with Crippen molar-refractivity contribution in [3.05, 3.63) is 34.1 Å². The molecule has 1 heterocycles. The Hall–Kier alpha value is -0.610. The van der Waals surface area contributed by atoms with Gasteiger partial charge in [0, 0.05) is 23.4 Å². The lowest BCUT2D eigenvalue weighted by Crippen LogP contribution is -2.40. The van der Waals surface area contributed by atoms with Crippen LogP contribution in [0.15, 0.2) is 22.7 Å². The van der Waals surface area contributed by atoms with Crippen LogP contribution in [0.3, 0.4) is 0 Å². The standard InChI is InChI=1S/C13H14BrClFNO/c14-10-3-4-12(16)11(6-10)13(18)17-5-1-2-9(7-15)8-17/h3-4,6,9H,1-2,5,7-8H2. The lowest BCUT2D eigenvalue weighted by molar-refractivity contribution is 0.0680. The zero-order valence-corrected chi connectivity index (χ0v) is 12.2. The van der Waals surface area contributed by atoms with E-state index in [0.29, 0.717) is 29.4 Å². The molecular weight excluding hydrogens is 321 g/mol. The Morgan fingerprint density at radius 1 is 1.56 bits per heavy atom. The molecule has 1 aromatic carbocycles. The summed E-state index contributed by atoms with van der Waals surface area (Å²) in [5.74, 6) is 0.143. The minimum Gasteiger partial charge on any atom is -0.338 e. The molecule has 0 aromatic heterocycles. The molecule has 0 radical (unpaired) electrons. The number of carbonyl (C=O) groups excluding carboxylic acids is 1. The van der Waals surface area contributed by atoms with Crippen molar-refractivity contribution >= 4 is 33.4 Å². The first-order valence-electron chi connectivity index (χ1n) is 5.92. The van der Waals surface area contributed by atoms with E-state index in [2.05, 4.69) is 15.9 Å².